The zero-order chi connectivity index (χ0) is 10.4. The molecule has 0 atom stereocenters. The van der Waals surface area contributed by atoms with E-state index in [9.17, 15) is 9.90 Å². The Morgan fingerprint density at radius 1 is 1.50 bits per heavy atom. The van der Waals surface area contributed by atoms with Gasteiger partial charge in [-0.15, -0.1) is 6.42 Å². The second-order valence-corrected chi connectivity index (χ2v) is 4.02. The van der Waals surface area contributed by atoms with Crippen LogP contribution in [-0.2, 0) is 4.79 Å². The maximum absolute atomic E-state index is 11.1. The Hall–Kier alpha value is -1.01. The third kappa shape index (κ3) is 2.74. The fraction of sp³-hybridized carbons (Fsp3) is 0.727. The predicted molar refractivity (Wildman–Crippen MR) is 54.4 cm³/mol. The van der Waals surface area contributed by atoms with E-state index in [1.807, 2.05) is 0 Å². The van der Waals surface area contributed by atoms with E-state index in [1.165, 1.54) is 0 Å². The number of carbonyl (C=O) groups excluding carboxylic acids is 1. The van der Waals surface area contributed by atoms with Crippen molar-refractivity contribution in [2.45, 2.75) is 32.1 Å². The van der Waals surface area contributed by atoms with Crippen LogP contribution in [0.15, 0.2) is 0 Å². The molecule has 0 aromatic carbocycles. The minimum Gasteiger partial charge on any atom is -0.396 e. The van der Waals surface area contributed by atoms with Crippen LogP contribution in [0.4, 0.5) is 0 Å². The van der Waals surface area contributed by atoms with Gasteiger partial charge in [-0.05, 0) is 12.8 Å². The van der Waals surface area contributed by atoms with Crippen molar-refractivity contribution in [3.63, 3.8) is 0 Å². The second-order valence-electron chi connectivity index (χ2n) is 4.02. The normalized spacial score (nSPS) is 18.9. The average Bonchev–Trinajstić information content (AvgIpc) is 2.65. The molecule has 0 saturated heterocycles. The summed E-state index contributed by atoms with van der Waals surface area (Å²) in [4.78, 5) is 11.1. The first kappa shape index (κ1) is 11.1. The van der Waals surface area contributed by atoms with E-state index in [-0.39, 0.29) is 24.3 Å². The van der Waals surface area contributed by atoms with Crippen LogP contribution >= 0.6 is 0 Å². The Balaban J connectivity index is 2.35. The van der Waals surface area contributed by atoms with Crippen molar-refractivity contribution in [2.24, 2.45) is 5.41 Å². The van der Waals surface area contributed by atoms with Gasteiger partial charge < -0.3 is 10.4 Å². The lowest BCUT2D eigenvalue weighted by Gasteiger charge is -2.26. The molecular formula is C11H17NO2. The van der Waals surface area contributed by atoms with E-state index in [4.69, 9.17) is 6.42 Å². The number of hydrogen-bond donors (Lipinski definition) is 2. The highest BCUT2D eigenvalue weighted by Gasteiger charge is 2.33. The largest absolute Gasteiger partial charge is 0.396 e. The van der Waals surface area contributed by atoms with E-state index in [0.29, 0.717) is 6.54 Å². The smallest absolute Gasteiger partial charge is 0.232 e. The molecule has 0 aliphatic heterocycles. The number of aliphatic hydroxyl groups is 1. The van der Waals surface area contributed by atoms with Gasteiger partial charge in [-0.3, -0.25) is 4.79 Å². The predicted octanol–water partition coefficient (Wildman–Crippen LogP) is 0.679. The van der Waals surface area contributed by atoms with Crippen molar-refractivity contribution in [1.29, 1.82) is 0 Å². The lowest BCUT2D eigenvalue weighted by molar-refractivity contribution is -0.120. The highest BCUT2D eigenvalue weighted by Crippen LogP contribution is 2.36. The molecule has 14 heavy (non-hydrogen) atoms. The number of hydrogen-bond acceptors (Lipinski definition) is 2. The van der Waals surface area contributed by atoms with Crippen LogP contribution in [0.3, 0.4) is 0 Å². The van der Waals surface area contributed by atoms with E-state index >= 15 is 0 Å². The van der Waals surface area contributed by atoms with Gasteiger partial charge in [0.25, 0.3) is 0 Å². The van der Waals surface area contributed by atoms with Gasteiger partial charge in [0, 0.05) is 12.0 Å². The monoisotopic (exact) mass is 195 g/mol. The van der Waals surface area contributed by atoms with Crippen molar-refractivity contribution in [3.05, 3.63) is 0 Å². The highest BCUT2D eigenvalue weighted by molar-refractivity contribution is 5.78. The minimum absolute atomic E-state index is 0.0791. The molecule has 1 aliphatic carbocycles. The van der Waals surface area contributed by atoms with Crippen LogP contribution in [0.25, 0.3) is 0 Å². The summed E-state index contributed by atoms with van der Waals surface area (Å²) < 4.78 is 0. The van der Waals surface area contributed by atoms with Gasteiger partial charge >= 0.3 is 0 Å². The fourth-order valence-electron chi connectivity index (χ4n) is 1.96. The molecule has 0 aromatic rings. The van der Waals surface area contributed by atoms with Crippen molar-refractivity contribution in [1.82, 2.24) is 5.32 Å². The summed E-state index contributed by atoms with van der Waals surface area (Å²) in [5.74, 6) is 2.18. The maximum atomic E-state index is 11.1. The summed E-state index contributed by atoms with van der Waals surface area (Å²) in [5.41, 5.74) is -0.0791. The molecule has 0 radical (unpaired) electrons. The number of carbonyl (C=O) groups is 1. The van der Waals surface area contributed by atoms with Crippen molar-refractivity contribution in [3.8, 4) is 12.3 Å². The Labute approximate surface area is 84.9 Å². The first-order valence-corrected chi connectivity index (χ1v) is 5.03. The number of rotatable bonds is 4. The molecule has 0 aromatic heterocycles. The molecule has 1 amide bonds. The lowest BCUT2D eigenvalue weighted by Crippen LogP contribution is -2.38. The summed E-state index contributed by atoms with van der Waals surface area (Å²) in [7, 11) is 0. The quantitative estimate of drug-likeness (QED) is 0.648. The third-order valence-electron chi connectivity index (χ3n) is 2.92. The topological polar surface area (TPSA) is 49.3 Å². The van der Waals surface area contributed by atoms with E-state index < -0.39 is 0 Å². The van der Waals surface area contributed by atoms with Crippen LogP contribution < -0.4 is 5.32 Å². The molecule has 3 heteroatoms. The van der Waals surface area contributed by atoms with Crippen LogP contribution in [0, 0.1) is 17.8 Å². The number of amides is 1. The molecular weight excluding hydrogens is 178 g/mol. The third-order valence-corrected chi connectivity index (χ3v) is 2.92. The first-order valence-electron chi connectivity index (χ1n) is 5.03. The summed E-state index contributed by atoms with van der Waals surface area (Å²) in [6.45, 7) is 0.716. The number of aliphatic hydroxyl groups excluding tert-OH is 1. The number of terminal acetylenes is 1. The summed E-state index contributed by atoms with van der Waals surface area (Å²) in [6, 6.07) is 0. The molecule has 0 bridgehead atoms. The first-order chi connectivity index (χ1) is 6.72. The molecule has 1 rings (SSSR count). The van der Waals surface area contributed by atoms with E-state index in [1.54, 1.807) is 0 Å². The van der Waals surface area contributed by atoms with Gasteiger partial charge in [-0.1, -0.05) is 18.8 Å². The average molecular weight is 195 g/mol. The lowest BCUT2D eigenvalue weighted by atomic mass is 9.87. The van der Waals surface area contributed by atoms with E-state index in [2.05, 4.69) is 11.2 Å². The highest BCUT2D eigenvalue weighted by atomic mass is 16.3. The molecule has 3 nitrogen and oxygen atoms in total. The fourth-order valence-corrected chi connectivity index (χ4v) is 1.96. The van der Waals surface area contributed by atoms with Crippen molar-refractivity contribution >= 4 is 5.91 Å². The molecule has 1 saturated carbocycles. The number of nitrogens with one attached hydrogen (secondary N) is 1. The molecule has 2 N–H and O–H groups in total. The van der Waals surface area contributed by atoms with E-state index in [0.717, 1.165) is 25.7 Å². The molecule has 0 heterocycles. The zero-order valence-electron chi connectivity index (χ0n) is 8.38. The summed E-state index contributed by atoms with van der Waals surface area (Å²) in [6.07, 6.45) is 9.43. The summed E-state index contributed by atoms with van der Waals surface area (Å²) in [5, 5.41) is 12.0. The molecule has 78 valence electrons. The van der Waals surface area contributed by atoms with Gasteiger partial charge in [0.2, 0.25) is 5.91 Å². The van der Waals surface area contributed by atoms with Gasteiger partial charge in [0.05, 0.1) is 13.0 Å². The van der Waals surface area contributed by atoms with Gasteiger partial charge in [-0.25, -0.2) is 0 Å². The van der Waals surface area contributed by atoms with Crippen LogP contribution in [0.2, 0.25) is 0 Å². The van der Waals surface area contributed by atoms with Gasteiger partial charge in [0.1, 0.15) is 0 Å². The van der Waals surface area contributed by atoms with Crippen LogP contribution in [0.1, 0.15) is 32.1 Å². The Morgan fingerprint density at radius 2 is 2.14 bits per heavy atom. The molecule has 0 spiro atoms. The zero-order valence-corrected chi connectivity index (χ0v) is 8.38. The Morgan fingerprint density at radius 3 is 2.64 bits per heavy atom. The van der Waals surface area contributed by atoms with Crippen LogP contribution in [0.5, 0.6) is 0 Å². The molecule has 1 fully saturated rings. The Kier molecular flexibility index (Phi) is 3.97. The molecule has 1 aliphatic rings. The maximum Gasteiger partial charge on any atom is 0.232 e. The van der Waals surface area contributed by atoms with Crippen molar-refractivity contribution < 1.29 is 9.90 Å². The standard InChI is InChI=1S/C11H17NO2/c1-2-5-10(14)12-8-11(9-13)6-3-4-7-11/h1,13H,3-9H2,(H,12,14). The second kappa shape index (κ2) is 5.02. The van der Waals surface area contributed by atoms with Crippen molar-refractivity contribution in [2.75, 3.05) is 13.2 Å². The van der Waals surface area contributed by atoms with Crippen LogP contribution in [-0.4, -0.2) is 24.2 Å². The summed E-state index contributed by atoms with van der Waals surface area (Å²) >= 11 is 0. The molecule has 0 unspecified atom stereocenters. The van der Waals surface area contributed by atoms with Gasteiger partial charge in [-0.2, -0.15) is 0 Å². The SMILES string of the molecule is C#CCC(=O)NCC1(CO)CCCC1. The Bertz CT molecular complexity index is 236. The minimum atomic E-state index is -0.118. The van der Waals surface area contributed by atoms with Gasteiger partial charge in [0.15, 0.2) is 0 Å².